The summed E-state index contributed by atoms with van der Waals surface area (Å²) in [5.74, 6) is 0.946. The van der Waals surface area contributed by atoms with Crippen molar-refractivity contribution in [2.45, 2.75) is 20.3 Å². The molecule has 0 saturated heterocycles. The number of aromatic nitrogens is 3. The summed E-state index contributed by atoms with van der Waals surface area (Å²) in [6, 6.07) is 1.73. The average Bonchev–Trinajstić information content (AvgIpc) is 2.61. The van der Waals surface area contributed by atoms with E-state index in [1.54, 1.807) is 23.0 Å². The molecule has 17 heavy (non-hydrogen) atoms. The van der Waals surface area contributed by atoms with Crippen LogP contribution in [0.3, 0.4) is 0 Å². The molecule has 0 aromatic carbocycles. The standard InChI is InChI=1S/C11H13BrN4O/c1-7(2)5-10(17)15-9-3-4-13-11-8(12)6-14-16(9)11/h3-4,6-7H,5H2,1-2H3,(H,15,17). The Hall–Kier alpha value is -1.43. The van der Waals surface area contributed by atoms with Crippen LogP contribution < -0.4 is 5.32 Å². The number of nitrogens with zero attached hydrogens (tertiary/aromatic N) is 3. The third kappa shape index (κ3) is 2.63. The third-order valence-electron chi connectivity index (χ3n) is 2.22. The van der Waals surface area contributed by atoms with E-state index in [1.165, 1.54) is 0 Å². The molecule has 0 atom stereocenters. The molecule has 0 saturated carbocycles. The summed E-state index contributed by atoms with van der Waals surface area (Å²) >= 11 is 3.35. The Morgan fingerprint density at radius 2 is 2.35 bits per heavy atom. The summed E-state index contributed by atoms with van der Waals surface area (Å²) in [4.78, 5) is 15.9. The first kappa shape index (κ1) is 12.0. The van der Waals surface area contributed by atoms with Gasteiger partial charge in [0.05, 0.1) is 10.7 Å². The van der Waals surface area contributed by atoms with Gasteiger partial charge in [-0.2, -0.15) is 9.61 Å². The lowest BCUT2D eigenvalue weighted by atomic mass is 10.1. The minimum Gasteiger partial charge on any atom is -0.311 e. The van der Waals surface area contributed by atoms with Crippen LogP contribution in [0, 0.1) is 5.92 Å². The number of halogens is 1. The normalized spacial score (nSPS) is 11.1. The van der Waals surface area contributed by atoms with Gasteiger partial charge in [0.1, 0.15) is 5.82 Å². The molecule has 0 fully saturated rings. The van der Waals surface area contributed by atoms with Gasteiger partial charge in [-0.25, -0.2) is 4.98 Å². The van der Waals surface area contributed by atoms with Crippen molar-refractivity contribution in [1.82, 2.24) is 14.6 Å². The first-order valence-corrected chi connectivity index (χ1v) is 6.15. The number of rotatable bonds is 3. The predicted octanol–water partition coefficient (Wildman–Crippen LogP) is 2.48. The van der Waals surface area contributed by atoms with Crippen LogP contribution >= 0.6 is 15.9 Å². The van der Waals surface area contributed by atoms with E-state index < -0.39 is 0 Å². The number of anilines is 1. The Morgan fingerprint density at radius 1 is 1.59 bits per heavy atom. The third-order valence-corrected chi connectivity index (χ3v) is 2.78. The van der Waals surface area contributed by atoms with Crippen molar-refractivity contribution in [3.63, 3.8) is 0 Å². The molecule has 2 aromatic heterocycles. The van der Waals surface area contributed by atoms with Crippen LogP contribution in [-0.2, 0) is 4.79 Å². The van der Waals surface area contributed by atoms with Crippen LogP contribution in [0.2, 0.25) is 0 Å². The zero-order valence-corrected chi connectivity index (χ0v) is 11.2. The van der Waals surface area contributed by atoms with Crippen LogP contribution in [-0.4, -0.2) is 20.5 Å². The quantitative estimate of drug-likeness (QED) is 0.946. The Balaban J connectivity index is 2.27. The molecule has 2 aromatic rings. The molecule has 2 rings (SSSR count). The minimum atomic E-state index is -0.0147. The zero-order chi connectivity index (χ0) is 12.4. The Morgan fingerprint density at radius 3 is 3.06 bits per heavy atom. The Kier molecular flexibility index (Phi) is 3.42. The molecule has 0 bridgehead atoms. The lowest BCUT2D eigenvalue weighted by Crippen LogP contribution is -2.16. The number of carbonyl (C=O) groups is 1. The van der Waals surface area contributed by atoms with Gasteiger partial charge in [0.2, 0.25) is 5.91 Å². The molecule has 1 N–H and O–H groups in total. The number of amides is 1. The maximum absolute atomic E-state index is 11.7. The van der Waals surface area contributed by atoms with Crippen molar-refractivity contribution in [3.05, 3.63) is 22.9 Å². The Bertz CT molecular complexity index is 549. The monoisotopic (exact) mass is 296 g/mol. The number of fused-ring (bicyclic) bond motifs is 1. The minimum absolute atomic E-state index is 0.0147. The van der Waals surface area contributed by atoms with E-state index in [0.717, 1.165) is 4.47 Å². The highest BCUT2D eigenvalue weighted by Gasteiger charge is 2.10. The lowest BCUT2D eigenvalue weighted by Gasteiger charge is -2.08. The number of nitrogens with one attached hydrogen (secondary N) is 1. The van der Waals surface area contributed by atoms with E-state index in [9.17, 15) is 4.79 Å². The molecule has 0 aliphatic rings. The van der Waals surface area contributed by atoms with Crippen LogP contribution in [0.25, 0.3) is 5.65 Å². The maximum atomic E-state index is 11.7. The topological polar surface area (TPSA) is 59.3 Å². The summed E-state index contributed by atoms with van der Waals surface area (Å²) in [6.45, 7) is 4.01. The van der Waals surface area contributed by atoms with E-state index in [-0.39, 0.29) is 5.91 Å². The van der Waals surface area contributed by atoms with Gasteiger partial charge in [0.25, 0.3) is 0 Å². The number of hydrogen-bond donors (Lipinski definition) is 1. The number of hydrogen-bond acceptors (Lipinski definition) is 3. The highest BCUT2D eigenvalue weighted by molar-refractivity contribution is 9.10. The summed E-state index contributed by atoms with van der Waals surface area (Å²) in [5.41, 5.74) is 0.687. The van der Waals surface area contributed by atoms with Crippen LogP contribution in [0.4, 0.5) is 5.82 Å². The van der Waals surface area contributed by atoms with Gasteiger partial charge >= 0.3 is 0 Å². The first-order valence-electron chi connectivity index (χ1n) is 5.36. The first-order chi connectivity index (χ1) is 8.08. The summed E-state index contributed by atoms with van der Waals surface area (Å²) < 4.78 is 2.40. The van der Waals surface area contributed by atoms with Gasteiger partial charge in [-0.1, -0.05) is 13.8 Å². The van der Waals surface area contributed by atoms with Crippen molar-refractivity contribution in [1.29, 1.82) is 0 Å². The molecule has 2 heterocycles. The van der Waals surface area contributed by atoms with Crippen molar-refractivity contribution < 1.29 is 4.79 Å². The summed E-state index contributed by atoms with van der Waals surface area (Å²) in [5, 5.41) is 6.97. The molecule has 0 radical (unpaired) electrons. The van der Waals surface area contributed by atoms with Crippen molar-refractivity contribution in [2.24, 2.45) is 5.92 Å². The van der Waals surface area contributed by atoms with Crippen LogP contribution in [0.5, 0.6) is 0 Å². The SMILES string of the molecule is CC(C)CC(=O)Nc1ccnc2c(Br)cnn12. The fraction of sp³-hybridized carbons (Fsp3) is 0.364. The lowest BCUT2D eigenvalue weighted by molar-refractivity contribution is -0.116. The van der Waals surface area contributed by atoms with Gasteiger partial charge in [-0.3, -0.25) is 4.79 Å². The Labute approximate surface area is 107 Å². The van der Waals surface area contributed by atoms with Gasteiger partial charge < -0.3 is 5.32 Å². The van der Waals surface area contributed by atoms with Crippen LogP contribution in [0.1, 0.15) is 20.3 Å². The van der Waals surface area contributed by atoms with E-state index in [1.807, 2.05) is 13.8 Å². The highest BCUT2D eigenvalue weighted by Crippen LogP contribution is 2.18. The van der Waals surface area contributed by atoms with Crippen molar-refractivity contribution in [2.75, 3.05) is 5.32 Å². The molecular formula is C11H13BrN4O. The molecule has 6 heteroatoms. The second-order valence-electron chi connectivity index (χ2n) is 4.20. The second-order valence-corrected chi connectivity index (χ2v) is 5.06. The molecule has 0 unspecified atom stereocenters. The van der Waals surface area contributed by atoms with Crippen molar-refractivity contribution in [3.8, 4) is 0 Å². The predicted molar refractivity (Wildman–Crippen MR) is 68.8 cm³/mol. The molecule has 0 spiro atoms. The fourth-order valence-electron chi connectivity index (χ4n) is 1.52. The smallest absolute Gasteiger partial charge is 0.225 e. The maximum Gasteiger partial charge on any atom is 0.225 e. The average molecular weight is 297 g/mol. The summed E-state index contributed by atoms with van der Waals surface area (Å²) in [7, 11) is 0. The molecule has 0 aliphatic heterocycles. The van der Waals surface area contributed by atoms with Crippen LogP contribution in [0.15, 0.2) is 22.9 Å². The van der Waals surface area contributed by atoms with E-state index in [4.69, 9.17) is 0 Å². The van der Waals surface area contributed by atoms with Gasteiger partial charge in [0.15, 0.2) is 5.65 Å². The van der Waals surface area contributed by atoms with E-state index >= 15 is 0 Å². The van der Waals surface area contributed by atoms with Gasteiger partial charge in [-0.15, -0.1) is 0 Å². The van der Waals surface area contributed by atoms with E-state index in [2.05, 4.69) is 31.3 Å². The zero-order valence-electron chi connectivity index (χ0n) is 9.64. The fourth-order valence-corrected chi connectivity index (χ4v) is 1.88. The summed E-state index contributed by atoms with van der Waals surface area (Å²) in [6.07, 6.45) is 3.79. The van der Waals surface area contributed by atoms with Gasteiger partial charge in [0, 0.05) is 12.6 Å². The molecular weight excluding hydrogens is 284 g/mol. The van der Waals surface area contributed by atoms with E-state index in [0.29, 0.717) is 23.8 Å². The molecule has 5 nitrogen and oxygen atoms in total. The van der Waals surface area contributed by atoms with Gasteiger partial charge in [-0.05, 0) is 27.9 Å². The van der Waals surface area contributed by atoms with Crippen molar-refractivity contribution >= 4 is 33.3 Å². The second kappa shape index (κ2) is 4.83. The molecule has 0 aliphatic carbocycles. The number of carbonyl (C=O) groups excluding carboxylic acids is 1. The molecule has 1 amide bonds. The largest absolute Gasteiger partial charge is 0.311 e. The molecule has 90 valence electrons. The highest BCUT2D eigenvalue weighted by atomic mass is 79.9.